The number of anilines is 3. The first kappa shape index (κ1) is 22.3. The van der Waals surface area contributed by atoms with Crippen LogP contribution < -0.4 is 15.5 Å². The van der Waals surface area contributed by atoms with E-state index in [2.05, 4.69) is 46.5 Å². The molecular weight excluding hydrogens is 414 g/mol. The minimum Gasteiger partial charge on any atom is -0.366 e. The van der Waals surface area contributed by atoms with Crippen molar-refractivity contribution in [2.24, 2.45) is 0 Å². The highest BCUT2D eigenvalue weighted by Crippen LogP contribution is 2.31. The van der Waals surface area contributed by atoms with Crippen molar-refractivity contribution in [3.05, 3.63) is 84.2 Å². The van der Waals surface area contributed by atoms with E-state index in [4.69, 9.17) is 0 Å². The Morgan fingerprint density at radius 1 is 0.909 bits per heavy atom. The number of nitrogens with zero attached hydrogens (tertiary/aromatic N) is 3. The van der Waals surface area contributed by atoms with Gasteiger partial charge < -0.3 is 20.4 Å². The third kappa shape index (κ3) is 5.49. The van der Waals surface area contributed by atoms with Gasteiger partial charge in [-0.25, -0.2) is 4.79 Å². The van der Waals surface area contributed by atoms with Crippen molar-refractivity contribution in [2.45, 2.75) is 19.8 Å². The van der Waals surface area contributed by atoms with E-state index in [1.807, 2.05) is 41.3 Å². The minimum absolute atomic E-state index is 0.0955. The van der Waals surface area contributed by atoms with Crippen LogP contribution in [0.2, 0.25) is 0 Å². The molecule has 0 spiro atoms. The zero-order chi connectivity index (χ0) is 23.2. The third-order valence-corrected chi connectivity index (χ3v) is 5.79. The zero-order valence-corrected chi connectivity index (χ0v) is 19.0. The summed E-state index contributed by atoms with van der Waals surface area (Å²) in [6.45, 7) is 6.86. The molecule has 1 aliphatic rings. The molecule has 7 nitrogen and oxygen atoms in total. The first-order valence-corrected chi connectivity index (χ1v) is 11.2. The summed E-state index contributed by atoms with van der Waals surface area (Å²) in [7, 11) is 0. The number of urea groups is 1. The molecule has 2 heterocycles. The molecular formula is C26H29N5O2. The van der Waals surface area contributed by atoms with Crippen LogP contribution in [-0.2, 0) is 0 Å². The molecule has 1 aromatic heterocycles. The van der Waals surface area contributed by atoms with E-state index in [0.29, 0.717) is 37.7 Å². The molecule has 4 rings (SSSR count). The lowest BCUT2D eigenvalue weighted by molar-refractivity contribution is 0.102. The number of hydrogen-bond donors (Lipinski definition) is 2. The molecule has 170 valence electrons. The molecule has 0 aliphatic carbocycles. The van der Waals surface area contributed by atoms with Gasteiger partial charge in [-0.15, -0.1) is 0 Å². The molecule has 33 heavy (non-hydrogen) atoms. The summed E-state index contributed by atoms with van der Waals surface area (Å²) in [6.07, 6.45) is 3.20. The summed E-state index contributed by atoms with van der Waals surface area (Å²) in [5.74, 6) is 0.173. The normalized spacial score (nSPS) is 13.7. The molecule has 1 aliphatic heterocycles. The van der Waals surface area contributed by atoms with E-state index in [1.54, 1.807) is 24.5 Å². The maximum Gasteiger partial charge on any atom is 0.321 e. The van der Waals surface area contributed by atoms with Crippen molar-refractivity contribution < 1.29 is 9.59 Å². The summed E-state index contributed by atoms with van der Waals surface area (Å²) in [4.78, 5) is 33.5. The van der Waals surface area contributed by atoms with Crippen LogP contribution in [0.15, 0.2) is 73.1 Å². The quantitative estimate of drug-likeness (QED) is 0.593. The molecule has 0 radical (unpaired) electrons. The molecule has 1 saturated heterocycles. The van der Waals surface area contributed by atoms with Crippen molar-refractivity contribution in [3.63, 3.8) is 0 Å². The minimum atomic E-state index is -0.192. The molecule has 3 aromatic rings. The highest BCUT2D eigenvalue weighted by Gasteiger charge is 2.24. The fourth-order valence-corrected chi connectivity index (χ4v) is 3.84. The second kappa shape index (κ2) is 10.2. The van der Waals surface area contributed by atoms with Crippen molar-refractivity contribution in [1.82, 2.24) is 9.88 Å². The van der Waals surface area contributed by atoms with E-state index in [0.717, 1.165) is 17.1 Å². The van der Waals surface area contributed by atoms with Crippen LogP contribution in [0.25, 0.3) is 0 Å². The summed E-state index contributed by atoms with van der Waals surface area (Å²) in [6, 6.07) is 19.0. The van der Waals surface area contributed by atoms with Gasteiger partial charge in [-0.3, -0.25) is 9.78 Å². The smallest absolute Gasteiger partial charge is 0.321 e. The predicted octanol–water partition coefficient (Wildman–Crippen LogP) is 4.81. The number of nitrogens with one attached hydrogen (secondary N) is 2. The van der Waals surface area contributed by atoms with Gasteiger partial charge in [0.15, 0.2) is 0 Å². The summed E-state index contributed by atoms with van der Waals surface area (Å²) in [5, 5.41) is 5.99. The van der Waals surface area contributed by atoms with Gasteiger partial charge in [0.2, 0.25) is 0 Å². The van der Waals surface area contributed by atoms with Gasteiger partial charge in [0.1, 0.15) is 0 Å². The molecule has 1 fully saturated rings. The Balaban J connectivity index is 1.47. The van der Waals surface area contributed by atoms with Crippen molar-refractivity contribution in [3.8, 4) is 0 Å². The maximum atomic E-state index is 12.8. The van der Waals surface area contributed by atoms with Crippen LogP contribution in [0, 0.1) is 0 Å². The summed E-state index contributed by atoms with van der Waals surface area (Å²) >= 11 is 0. The Kier molecular flexibility index (Phi) is 6.88. The Bertz CT molecular complexity index is 1090. The topological polar surface area (TPSA) is 77.6 Å². The molecule has 2 aromatic carbocycles. The van der Waals surface area contributed by atoms with Crippen LogP contribution in [0.1, 0.15) is 35.7 Å². The Morgan fingerprint density at radius 3 is 2.33 bits per heavy atom. The van der Waals surface area contributed by atoms with Gasteiger partial charge in [0.05, 0.1) is 16.9 Å². The number of benzene rings is 2. The molecule has 7 heteroatoms. The second-order valence-electron chi connectivity index (χ2n) is 8.40. The predicted molar refractivity (Wildman–Crippen MR) is 132 cm³/mol. The van der Waals surface area contributed by atoms with Crippen LogP contribution in [0.4, 0.5) is 21.9 Å². The number of piperazine rings is 1. The second-order valence-corrected chi connectivity index (χ2v) is 8.40. The first-order valence-electron chi connectivity index (χ1n) is 11.2. The molecule has 2 N–H and O–H groups in total. The number of amides is 3. The van der Waals surface area contributed by atoms with Gasteiger partial charge >= 0.3 is 6.03 Å². The molecule has 0 unspecified atom stereocenters. The van der Waals surface area contributed by atoms with Crippen molar-refractivity contribution >= 4 is 29.0 Å². The van der Waals surface area contributed by atoms with Crippen LogP contribution >= 0.6 is 0 Å². The lowest BCUT2D eigenvalue weighted by Gasteiger charge is -2.37. The third-order valence-electron chi connectivity index (χ3n) is 5.79. The number of carbonyl (C=O) groups is 2. The number of para-hydroxylation sites is 1. The highest BCUT2D eigenvalue weighted by atomic mass is 16.2. The first-order chi connectivity index (χ1) is 16.0. The average molecular weight is 444 g/mol. The van der Waals surface area contributed by atoms with E-state index in [9.17, 15) is 9.59 Å². The number of rotatable bonds is 5. The molecule has 0 saturated carbocycles. The molecule has 0 atom stereocenters. The van der Waals surface area contributed by atoms with Gasteiger partial charge in [0, 0.05) is 44.3 Å². The van der Waals surface area contributed by atoms with Gasteiger partial charge in [-0.2, -0.15) is 0 Å². The lowest BCUT2D eigenvalue weighted by Crippen LogP contribution is -2.50. The Morgan fingerprint density at radius 2 is 1.67 bits per heavy atom. The lowest BCUT2D eigenvalue weighted by atomic mass is 10.0. The monoisotopic (exact) mass is 443 g/mol. The molecule has 0 bridgehead atoms. The average Bonchev–Trinajstić information content (AvgIpc) is 2.85. The largest absolute Gasteiger partial charge is 0.366 e. The van der Waals surface area contributed by atoms with Gasteiger partial charge in [0.25, 0.3) is 5.91 Å². The highest BCUT2D eigenvalue weighted by molar-refractivity contribution is 6.05. The van der Waals surface area contributed by atoms with Gasteiger partial charge in [-0.05, 0) is 47.9 Å². The van der Waals surface area contributed by atoms with E-state index < -0.39 is 0 Å². The number of carbonyl (C=O) groups excluding carboxylic acids is 2. The van der Waals surface area contributed by atoms with Gasteiger partial charge in [-0.1, -0.05) is 38.1 Å². The van der Waals surface area contributed by atoms with Crippen LogP contribution in [0.5, 0.6) is 0 Å². The van der Waals surface area contributed by atoms with E-state index >= 15 is 0 Å². The number of pyridine rings is 1. The molecule has 3 amide bonds. The standard InChI is InChI=1S/C26H29N5O2/c1-19(2)20-10-11-23(29-25(32)21-7-6-12-27-18-21)24(17-20)30-13-15-31(16-14-30)26(33)28-22-8-4-3-5-9-22/h3-12,17-19H,13-16H2,1-2H3,(H,28,33)(H,29,32). The maximum absolute atomic E-state index is 12.8. The Labute approximate surface area is 194 Å². The number of aromatic nitrogens is 1. The van der Waals surface area contributed by atoms with E-state index in [-0.39, 0.29) is 11.9 Å². The summed E-state index contributed by atoms with van der Waals surface area (Å²) in [5.41, 5.74) is 4.24. The Hall–Kier alpha value is -3.87. The van der Waals surface area contributed by atoms with Crippen LogP contribution in [0.3, 0.4) is 0 Å². The summed E-state index contributed by atoms with van der Waals surface area (Å²) < 4.78 is 0. The van der Waals surface area contributed by atoms with Crippen molar-refractivity contribution in [1.29, 1.82) is 0 Å². The zero-order valence-electron chi connectivity index (χ0n) is 19.0. The SMILES string of the molecule is CC(C)c1ccc(NC(=O)c2cccnc2)c(N2CCN(C(=O)Nc3ccccc3)CC2)c1. The van der Waals surface area contributed by atoms with E-state index in [1.165, 1.54) is 5.56 Å². The van der Waals surface area contributed by atoms with Crippen LogP contribution in [-0.4, -0.2) is 48.0 Å². The number of hydrogen-bond acceptors (Lipinski definition) is 4. The fourth-order valence-electron chi connectivity index (χ4n) is 3.84. The fraction of sp³-hybridized carbons (Fsp3) is 0.269. The van der Waals surface area contributed by atoms with Crippen molar-refractivity contribution in [2.75, 3.05) is 41.7 Å².